The summed E-state index contributed by atoms with van der Waals surface area (Å²) in [6.07, 6.45) is 2.29. The molecule has 0 amide bonds. The van der Waals surface area contributed by atoms with Crippen molar-refractivity contribution < 1.29 is 4.74 Å². The zero-order valence-electron chi connectivity index (χ0n) is 11.1. The summed E-state index contributed by atoms with van der Waals surface area (Å²) in [5, 5.41) is 1.06. The summed E-state index contributed by atoms with van der Waals surface area (Å²) in [7, 11) is 1.77. The van der Waals surface area contributed by atoms with Gasteiger partial charge in [-0.3, -0.25) is 0 Å². The molecule has 0 saturated heterocycles. The normalized spacial score (nSPS) is 14.6. The van der Waals surface area contributed by atoms with E-state index in [1.807, 2.05) is 0 Å². The summed E-state index contributed by atoms with van der Waals surface area (Å²) in [6, 6.07) is 8.82. The molecule has 0 aliphatic carbocycles. The highest BCUT2D eigenvalue weighted by Crippen LogP contribution is 2.23. The van der Waals surface area contributed by atoms with Gasteiger partial charge in [0.15, 0.2) is 0 Å². The molecule has 0 bridgehead atoms. The Balaban J connectivity index is 2.56. The summed E-state index contributed by atoms with van der Waals surface area (Å²) >= 11 is 3.64. The van der Waals surface area contributed by atoms with Gasteiger partial charge in [0, 0.05) is 19.0 Å². The van der Waals surface area contributed by atoms with Crippen molar-refractivity contribution in [2.24, 2.45) is 11.8 Å². The van der Waals surface area contributed by atoms with Gasteiger partial charge in [0.25, 0.3) is 0 Å². The molecule has 2 atom stereocenters. The van der Waals surface area contributed by atoms with E-state index in [-0.39, 0.29) is 0 Å². The van der Waals surface area contributed by atoms with Gasteiger partial charge in [-0.05, 0) is 37.2 Å². The van der Waals surface area contributed by atoms with Crippen molar-refractivity contribution in [2.45, 2.75) is 26.7 Å². The standard InChI is InChI=1S/C15H23BrO/c1-12-5-4-6-14(9-12)10-15(11-16)13(2)7-8-17-3/h4-6,9,13,15H,7-8,10-11H2,1-3H3. The topological polar surface area (TPSA) is 9.23 Å². The van der Waals surface area contributed by atoms with Gasteiger partial charge < -0.3 is 4.74 Å². The second kappa shape index (κ2) is 7.88. The summed E-state index contributed by atoms with van der Waals surface area (Å²) in [5.74, 6) is 1.38. The minimum atomic E-state index is 0.687. The summed E-state index contributed by atoms with van der Waals surface area (Å²) < 4.78 is 5.16. The minimum Gasteiger partial charge on any atom is -0.385 e. The minimum absolute atomic E-state index is 0.687. The summed E-state index contributed by atoms with van der Waals surface area (Å²) in [5.41, 5.74) is 2.79. The van der Waals surface area contributed by atoms with E-state index in [1.165, 1.54) is 11.1 Å². The fraction of sp³-hybridized carbons (Fsp3) is 0.600. The van der Waals surface area contributed by atoms with E-state index >= 15 is 0 Å². The predicted octanol–water partition coefficient (Wildman–Crippen LogP) is 4.22. The molecule has 1 aromatic carbocycles. The van der Waals surface area contributed by atoms with Crippen LogP contribution in [0.5, 0.6) is 0 Å². The Hall–Kier alpha value is -0.340. The monoisotopic (exact) mass is 298 g/mol. The van der Waals surface area contributed by atoms with Crippen molar-refractivity contribution in [2.75, 3.05) is 19.0 Å². The second-order valence-electron chi connectivity index (χ2n) is 4.87. The average molecular weight is 299 g/mol. The molecule has 1 aromatic rings. The lowest BCUT2D eigenvalue weighted by molar-refractivity contribution is 0.168. The molecule has 96 valence electrons. The maximum atomic E-state index is 5.16. The molecule has 0 aliphatic heterocycles. The van der Waals surface area contributed by atoms with Crippen LogP contribution in [0.4, 0.5) is 0 Å². The van der Waals surface area contributed by atoms with Gasteiger partial charge in [-0.1, -0.05) is 52.7 Å². The Morgan fingerprint density at radius 3 is 2.71 bits per heavy atom. The predicted molar refractivity (Wildman–Crippen MR) is 77.8 cm³/mol. The molecular weight excluding hydrogens is 276 g/mol. The molecule has 2 unspecified atom stereocenters. The van der Waals surface area contributed by atoms with Crippen molar-refractivity contribution in [1.82, 2.24) is 0 Å². The lowest BCUT2D eigenvalue weighted by atomic mass is 9.87. The van der Waals surface area contributed by atoms with E-state index in [0.717, 1.165) is 24.8 Å². The number of hydrogen-bond acceptors (Lipinski definition) is 1. The summed E-state index contributed by atoms with van der Waals surface area (Å²) in [4.78, 5) is 0. The van der Waals surface area contributed by atoms with Gasteiger partial charge in [-0.15, -0.1) is 0 Å². The fourth-order valence-corrected chi connectivity index (χ4v) is 2.96. The highest BCUT2D eigenvalue weighted by atomic mass is 79.9. The molecular formula is C15H23BrO. The Labute approximate surface area is 114 Å². The largest absolute Gasteiger partial charge is 0.385 e. The van der Waals surface area contributed by atoms with Gasteiger partial charge in [0.1, 0.15) is 0 Å². The molecule has 0 saturated carbocycles. The molecule has 2 heteroatoms. The van der Waals surface area contributed by atoms with Gasteiger partial charge in [-0.25, -0.2) is 0 Å². The molecule has 0 aliphatic rings. The number of alkyl halides is 1. The van der Waals surface area contributed by atoms with Gasteiger partial charge in [0.2, 0.25) is 0 Å². The van der Waals surface area contributed by atoms with Crippen molar-refractivity contribution in [3.05, 3.63) is 35.4 Å². The molecule has 0 heterocycles. The molecule has 0 radical (unpaired) electrons. The maximum absolute atomic E-state index is 5.16. The third-order valence-electron chi connectivity index (χ3n) is 3.36. The Kier molecular flexibility index (Phi) is 6.83. The van der Waals surface area contributed by atoms with E-state index in [4.69, 9.17) is 4.74 Å². The molecule has 17 heavy (non-hydrogen) atoms. The molecule has 0 N–H and O–H groups in total. The van der Waals surface area contributed by atoms with Crippen LogP contribution in [0.15, 0.2) is 24.3 Å². The highest BCUT2D eigenvalue weighted by molar-refractivity contribution is 9.09. The zero-order chi connectivity index (χ0) is 12.7. The number of rotatable bonds is 7. The van der Waals surface area contributed by atoms with Crippen molar-refractivity contribution >= 4 is 15.9 Å². The van der Waals surface area contributed by atoms with E-state index < -0.39 is 0 Å². The average Bonchev–Trinajstić information content (AvgIpc) is 2.33. The Bertz CT molecular complexity index is 324. The van der Waals surface area contributed by atoms with Crippen LogP contribution in [0.2, 0.25) is 0 Å². The smallest absolute Gasteiger partial charge is 0.0464 e. The van der Waals surface area contributed by atoms with Crippen molar-refractivity contribution in [3.8, 4) is 0 Å². The molecule has 1 nitrogen and oxygen atoms in total. The Morgan fingerprint density at radius 1 is 1.35 bits per heavy atom. The van der Waals surface area contributed by atoms with Crippen LogP contribution in [0.1, 0.15) is 24.5 Å². The van der Waals surface area contributed by atoms with E-state index in [0.29, 0.717) is 11.8 Å². The van der Waals surface area contributed by atoms with Crippen molar-refractivity contribution in [1.29, 1.82) is 0 Å². The van der Waals surface area contributed by atoms with Crippen LogP contribution in [0.25, 0.3) is 0 Å². The lowest BCUT2D eigenvalue weighted by Gasteiger charge is -2.22. The number of halogens is 1. The van der Waals surface area contributed by atoms with Crippen LogP contribution in [-0.4, -0.2) is 19.0 Å². The first-order chi connectivity index (χ1) is 8.17. The van der Waals surface area contributed by atoms with Gasteiger partial charge in [0.05, 0.1) is 0 Å². The molecule has 1 rings (SSSR count). The third kappa shape index (κ3) is 5.22. The first kappa shape index (κ1) is 14.7. The molecule has 0 fully saturated rings. The highest BCUT2D eigenvalue weighted by Gasteiger charge is 2.16. The van der Waals surface area contributed by atoms with Crippen LogP contribution < -0.4 is 0 Å². The van der Waals surface area contributed by atoms with E-state index in [1.54, 1.807) is 7.11 Å². The number of benzene rings is 1. The van der Waals surface area contributed by atoms with Crippen LogP contribution in [0.3, 0.4) is 0 Å². The zero-order valence-corrected chi connectivity index (χ0v) is 12.7. The number of hydrogen-bond donors (Lipinski definition) is 0. The van der Waals surface area contributed by atoms with Crippen LogP contribution in [0, 0.1) is 18.8 Å². The summed E-state index contributed by atoms with van der Waals surface area (Å²) in [6.45, 7) is 5.33. The number of aryl methyl sites for hydroxylation is 1. The Morgan fingerprint density at radius 2 is 2.12 bits per heavy atom. The molecule has 0 spiro atoms. The van der Waals surface area contributed by atoms with Crippen LogP contribution in [-0.2, 0) is 11.2 Å². The van der Waals surface area contributed by atoms with E-state index in [2.05, 4.69) is 54.0 Å². The van der Waals surface area contributed by atoms with Crippen molar-refractivity contribution in [3.63, 3.8) is 0 Å². The van der Waals surface area contributed by atoms with E-state index in [9.17, 15) is 0 Å². The second-order valence-corrected chi connectivity index (χ2v) is 5.51. The first-order valence-electron chi connectivity index (χ1n) is 6.27. The third-order valence-corrected chi connectivity index (χ3v) is 4.19. The first-order valence-corrected chi connectivity index (χ1v) is 7.40. The SMILES string of the molecule is COCCC(C)C(CBr)Cc1cccc(C)c1. The number of methoxy groups -OCH3 is 1. The van der Waals surface area contributed by atoms with Crippen LogP contribution >= 0.6 is 15.9 Å². The lowest BCUT2D eigenvalue weighted by Crippen LogP contribution is -2.17. The fourth-order valence-electron chi connectivity index (χ4n) is 2.09. The molecule has 0 aromatic heterocycles. The maximum Gasteiger partial charge on any atom is 0.0464 e. The number of ether oxygens (including phenoxy) is 1. The van der Waals surface area contributed by atoms with Gasteiger partial charge >= 0.3 is 0 Å². The quantitative estimate of drug-likeness (QED) is 0.685. The van der Waals surface area contributed by atoms with Gasteiger partial charge in [-0.2, -0.15) is 0 Å².